The van der Waals surface area contributed by atoms with E-state index in [1.807, 2.05) is 5.32 Å². The molecule has 246 valence electrons. The minimum atomic E-state index is -4.48. The monoisotopic (exact) mass is 647 g/mol. The molecule has 4 fully saturated rings. The molecule has 4 heterocycles. The molecule has 3 saturated carbocycles. The molecule has 2 amide bonds. The molecule has 1 saturated heterocycles. The number of halogens is 7. The van der Waals surface area contributed by atoms with Crippen LogP contribution in [0.25, 0.3) is 5.65 Å². The summed E-state index contributed by atoms with van der Waals surface area (Å²) in [5, 5.41) is 15.6. The average Bonchev–Trinajstić information content (AvgIpc) is 3.44. The zero-order valence-corrected chi connectivity index (χ0v) is 24.2. The van der Waals surface area contributed by atoms with Gasteiger partial charge in [0.05, 0.1) is 36.0 Å². The van der Waals surface area contributed by atoms with Gasteiger partial charge < -0.3 is 15.1 Å². The van der Waals surface area contributed by atoms with Crippen molar-refractivity contribution in [3.05, 3.63) is 42.0 Å². The van der Waals surface area contributed by atoms with Crippen LogP contribution < -0.4 is 10.6 Å². The van der Waals surface area contributed by atoms with Crippen LogP contribution in [0, 0.1) is 24.2 Å². The molecule has 4 atom stereocenters. The predicted molar refractivity (Wildman–Crippen MR) is 142 cm³/mol. The Balaban J connectivity index is 0.000000234. The lowest BCUT2D eigenvalue weighted by Gasteiger charge is -2.20. The number of fused-ring (bicyclic) bond motifs is 1. The summed E-state index contributed by atoms with van der Waals surface area (Å²) in [7, 11) is 0. The Bertz CT molecular complexity index is 1500. The number of carbonyl (C=O) groups is 2. The molecule has 0 bridgehead atoms. The first-order valence-corrected chi connectivity index (χ1v) is 14.5. The lowest BCUT2D eigenvalue weighted by atomic mass is 9.97. The molecule has 1 spiro atoms. The number of hydrogen-bond acceptors (Lipinski definition) is 7. The summed E-state index contributed by atoms with van der Waals surface area (Å²) in [5.41, 5.74) is 0.298. The molecule has 2 N–H and O–H groups in total. The highest BCUT2D eigenvalue weighted by Crippen LogP contribution is 2.79. The van der Waals surface area contributed by atoms with Gasteiger partial charge in [-0.15, -0.1) is 10.2 Å². The van der Waals surface area contributed by atoms with Gasteiger partial charge in [-0.3, -0.25) is 9.59 Å². The van der Waals surface area contributed by atoms with Crippen LogP contribution in [-0.4, -0.2) is 60.7 Å². The van der Waals surface area contributed by atoms with Crippen molar-refractivity contribution in [2.75, 3.05) is 0 Å². The maximum absolute atomic E-state index is 13.3. The van der Waals surface area contributed by atoms with Crippen LogP contribution in [0.5, 0.6) is 0 Å². The summed E-state index contributed by atoms with van der Waals surface area (Å²) in [6, 6.07) is -0.225. The van der Waals surface area contributed by atoms with E-state index in [2.05, 4.69) is 30.0 Å². The number of nitrogens with zero attached hydrogens (tertiary/aromatic N) is 5. The maximum atomic E-state index is 13.3. The van der Waals surface area contributed by atoms with Crippen molar-refractivity contribution in [1.29, 1.82) is 0 Å². The summed E-state index contributed by atoms with van der Waals surface area (Å²) in [6.07, 6.45) is 2.23. The summed E-state index contributed by atoms with van der Waals surface area (Å²) < 4.78 is 95.5. The molecular weight excluding hydrogens is 615 g/mol. The third-order valence-corrected chi connectivity index (χ3v) is 8.54. The number of imidazole rings is 1. The SMILES string of the molecule is Cc1nnco1.FC1(F)CCCCC1.O=C1NC(C(F)(F)F)CC1Cc1cnn2cc(CNC(=O)C3CC34CC4(F)F)nc2c1. The van der Waals surface area contributed by atoms with Gasteiger partial charge in [0.25, 0.3) is 5.92 Å². The van der Waals surface area contributed by atoms with E-state index in [9.17, 15) is 40.3 Å². The first kappa shape index (κ1) is 32.6. The van der Waals surface area contributed by atoms with Crippen molar-refractivity contribution in [3.8, 4) is 0 Å². The van der Waals surface area contributed by atoms with Crippen LogP contribution in [0.4, 0.5) is 30.7 Å². The van der Waals surface area contributed by atoms with Crippen LogP contribution in [0.3, 0.4) is 0 Å². The zero-order valence-electron chi connectivity index (χ0n) is 24.2. The maximum Gasteiger partial charge on any atom is 0.408 e. The van der Waals surface area contributed by atoms with Gasteiger partial charge in [0, 0.05) is 32.1 Å². The fourth-order valence-corrected chi connectivity index (χ4v) is 5.78. The van der Waals surface area contributed by atoms with E-state index in [0.29, 0.717) is 35.6 Å². The van der Waals surface area contributed by atoms with Gasteiger partial charge in [-0.2, -0.15) is 18.3 Å². The second kappa shape index (κ2) is 12.2. The molecule has 1 aliphatic heterocycles. The number of hydrogen-bond donors (Lipinski definition) is 2. The van der Waals surface area contributed by atoms with Gasteiger partial charge in [0.2, 0.25) is 30.0 Å². The third-order valence-electron chi connectivity index (χ3n) is 8.54. The minimum Gasteiger partial charge on any atom is -0.428 e. The predicted octanol–water partition coefficient (Wildman–Crippen LogP) is 4.96. The fourth-order valence-electron chi connectivity index (χ4n) is 5.78. The second-order valence-electron chi connectivity index (χ2n) is 12.0. The van der Waals surface area contributed by atoms with E-state index in [0.717, 1.165) is 6.42 Å². The van der Waals surface area contributed by atoms with Gasteiger partial charge in [0.1, 0.15) is 6.04 Å². The Morgan fingerprint density at radius 2 is 1.89 bits per heavy atom. The van der Waals surface area contributed by atoms with Gasteiger partial charge in [-0.05, 0) is 43.7 Å². The number of amides is 2. The quantitative estimate of drug-likeness (QED) is 0.375. The first-order chi connectivity index (χ1) is 21.1. The Kier molecular flexibility index (Phi) is 8.83. The van der Waals surface area contributed by atoms with Crippen LogP contribution in [0.2, 0.25) is 0 Å². The zero-order chi connectivity index (χ0) is 32.6. The van der Waals surface area contributed by atoms with Crippen molar-refractivity contribution in [2.24, 2.45) is 17.3 Å². The first-order valence-electron chi connectivity index (χ1n) is 14.5. The molecule has 3 aliphatic carbocycles. The third kappa shape index (κ3) is 7.72. The molecule has 45 heavy (non-hydrogen) atoms. The highest BCUT2D eigenvalue weighted by Gasteiger charge is 2.85. The van der Waals surface area contributed by atoms with Crippen LogP contribution in [0.1, 0.15) is 68.5 Å². The molecule has 17 heteroatoms. The topological polar surface area (TPSA) is 127 Å². The lowest BCUT2D eigenvalue weighted by Crippen LogP contribution is -2.38. The van der Waals surface area contributed by atoms with Crippen LogP contribution in [-0.2, 0) is 22.6 Å². The number of aryl methyl sites for hydroxylation is 1. The molecule has 4 aliphatic rings. The normalized spacial score (nSPS) is 27.6. The van der Waals surface area contributed by atoms with E-state index in [1.165, 1.54) is 17.1 Å². The van der Waals surface area contributed by atoms with Crippen molar-refractivity contribution in [1.82, 2.24) is 35.4 Å². The molecule has 7 rings (SSSR count). The molecule has 0 aromatic carbocycles. The Morgan fingerprint density at radius 3 is 2.38 bits per heavy atom. The summed E-state index contributed by atoms with van der Waals surface area (Å²) in [6.45, 7) is 1.79. The second-order valence-corrected chi connectivity index (χ2v) is 12.0. The van der Waals surface area contributed by atoms with Crippen molar-refractivity contribution < 1.29 is 44.7 Å². The Morgan fingerprint density at radius 1 is 1.18 bits per heavy atom. The van der Waals surface area contributed by atoms with Gasteiger partial charge in [-0.25, -0.2) is 27.1 Å². The standard InChI is InChI=1S/C19H18F5N5O2.C6H10F2.C3H4N2O/c20-18(21)8-17(18)4-12(17)16(31)25-6-11-7-29-14(27-11)2-9(5-26-29)1-10-3-13(19(22,23)24)28-15(10)30;7-6(8)4-2-1-3-5-6;1-3-5-4-2-6-3/h2,5,7,10,12-13H,1,3-4,6,8H2,(H,25,31)(H,28,30);1-5H2;2H,1H3. The van der Waals surface area contributed by atoms with Gasteiger partial charge in [0.15, 0.2) is 5.65 Å². The van der Waals surface area contributed by atoms with E-state index < -0.39 is 53.1 Å². The number of nitrogens with one attached hydrogen (secondary N) is 2. The van der Waals surface area contributed by atoms with Gasteiger partial charge >= 0.3 is 6.18 Å². The number of alkyl halides is 7. The number of rotatable bonds is 5. The Labute approximate surface area is 252 Å². The van der Waals surface area contributed by atoms with Crippen molar-refractivity contribution >= 4 is 17.5 Å². The number of aromatic nitrogens is 5. The molecule has 3 aromatic rings. The van der Waals surface area contributed by atoms with E-state index in [1.54, 1.807) is 19.2 Å². The van der Waals surface area contributed by atoms with Crippen molar-refractivity contribution in [3.63, 3.8) is 0 Å². The van der Waals surface area contributed by atoms with Crippen LogP contribution >= 0.6 is 0 Å². The molecule has 0 radical (unpaired) electrons. The van der Waals surface area contributed by atoms with Crippen molar-refractivity contribution in [2.45, 2.75) is 95.3 Å². The minimum absolute atomic E-state index is 0.0496. The lowest BCUT2D eigenvalue weighted by molar-refractivity contribution is -0.154. The summed E-state index contributed by atoms with van der Waals surface area (Å²) in [4.78, 5) is 28.3. The van der Waals surface area contributed by atoms with Gasteiger partial charge in [-0.1, -0.05) is 6.42 Å². The molecule has 4 unspecified atom stereocenters. The average molecular weight is 648 g/mol. The smallest absolute Gasteiger partial charge is 0.408 e. The Hall–Kier alpha value is -3.79. The van der Waals surface area contributed by atoms with E-state index >= 15 is 0 Å². The largest absolute Gasteiger partial charge is 0.428 e. The summed E-state index contributed by atoms with van der Waals surface area (Å²) >= 11 is 0. The molecule has 3 aromatic heterocycles. The van der Waals surface area contributed by atoms with E-state index in [4.69, 9.17) is 0 Å². The fraction of sp³-hybridized carbons (Fsp3) is 0.643. The highest BCUT2D eigenvalue weighted by molar-refractivity contribution is 5.84. The molecular formula is C28H32F7N7O3. The molecule has 10 nitrogen and oxygen atoms in total. The van der Waals surface area contributed by atoms with E-state index in [-0.39, 0.29) is 45.1 Å². The highest BCUT2D eigenvalue weighted by atomic mass is 19.4. The van der Waals surface area contributed by atoms with Crippen LogP contribution in [0.15, 0.2) is 29.3 Å². The summed E-state index contributed by atoms with van der Waals surface area (Å²) in [5.74, 6) is -7.00. The number of carbonyl (C=O) groups excluding carboxylic acids is 2.